The van der Waals surface area contributed by atoms with E-state index in [0.29, 0.717) is 35.9 Å². The Morgan fingerprint density at radius 2 is 2.00 bits per heavy atom. The number of halogens is 3. The van der Waals surface area contributed by atoms with Crippen LogP contribution in [-0.2, 0) is 5.41 Å². The lowest BCUT2D eigenvalue weighted by Gasteiger charge is -2.39. The fourth-order valence-corrected chi connectivity index (χ4v) is 3.14. The van der Waals surface area contributed by atoms with Gasteiger partial charge in [0.15, 0.2) is 5.89 Å². The highest BCUT2D eigenvalue weighted by molar-refractivity contribution is 5.47. The Morgan fingerprint density at radius 1 is 1.19 bits per heavy atom. The maximum Gasteiger partial charge on any atom is 0.573 e. The van der Waals surface area contributed by atoms with Gasteiger partial charge in [-0.2, -0.15) is 4.98 Å². The zero-order valence-corrected chi connectivity index (χ0v) is 13.7. The Hall–Kier alpha value is -2.84. The molecule has 0 bridgehead atoms. The number of alkyl halides is 3. The zero-order valence-electron chi connectivity index (χ0n) is 13.7. The molecule has 2 aromatic heterocycles. The summed E-state index contributed by atoms with van der Waals surface area (Å²) in [6.07, 6.45) is -1.02. The number of nitrogens with zero attached hydrogens (tertiary/aromatic N) is 3. The molecule has 6 nitrogen and oxygen atoms in total. The Labute approximate surface area is 146 Å². The second-order valence-corrected chi connectivity index (χ2v) is 6.19. The van der Waals surface area contributed by atoms with Gasteiger partial charge in [0, 0.05) is 6.92 Å². The summed E-state index contributed by atoms with van der Waals surface area (Å²) in [6, 6.07) is 5.90. The minimum Gasteiger partial charge on any atom is -0.449 e. The predicted octanol–water partition coefficient (Wildman–Crippen LogP) is 4.40. The molecular formula is C17H14F3N3O3. The van der Waals surface area contributed by atoms with E-state index in [-0.39, 0.29) is 11.6 Å². The summed E-state index contributed by atoms with van der Waals surface area (Å²) >= 11 is 0. The van der Waals surface area contributed by atoms with Gasteiger partial charge in [-0.05, 0) is 30.5 Å². The first kappa shape index (κ1) is 16.6. The maximum atomic E-state index is 12.5. The monoisotopic (exact) mass is 365 g/mol. The standard InChI is InChI=1S/C17H14F3N3O3/c1-10-21-13(9-24-10)14-22-15(26-23-14)16(6-3-7-16)11-4-2-5-12(8-11)25-17(18,19)20/h2,4-5,8-9H,3,6-7H2,1H3. The van der Waals surface area contributed by atoms with E-state index in [1.54, 1.807) is 13.0 Å². The number of rotatable bonds is 4. The van der Waals surface area contributed by atoms with Gasteiger partial charge in [0.2, 0.25) is 11.7 Å². The number of benzene rings is 1. The van der Waals surface area contributed by atoms with Gasteiger partial charge in [-0.15, -0.1) is 13.2 Å². The van der Waals surface area contributed by atoms with Crippen LogP contribution in [0.5, 0.6) is 5.75 Å². The molecule has 3 aromatic rings. The number of hydrogen-bond donors (Lipinski definition) is 0. The quantitative estimate of drug-likeness (QED) is 0.682. The Morgan fingerprint density at radius 3 is 2.62 bits per heavy atom. The molecule has 0 saturated heterocycles. The second kappa shape index (κ2) is 5.86. The Bertz CT molecular complexity index is 928. The van der Waals surface area contributed by atoms with Gasteiger partial charge in [0.05, 0.1) is 5.41 Å². The van der Waals surface area contributed by atoms with Crippen LogP contribution in [0.15, 0.2) is 39.5 Å². The molecule has 0 amide bonds. The van der Waals surface area contributed by atoms with Crippen molar-refractivity contribution in [2.45, 2.75) is 38.0 Å². The van der Waals surface area contributed by atoms with Gasteiger partial charge in [-0.25, -0.2) is 4.98 Å². The van der Waals surface area contributed by atoms with Crippen molar-refractivity contribution in [2.24, 2.45) is 0 Å². The molecule has 1 aliphatic rings. The molecule has 26 heavy (non-hydrogen) atoms. The third kappa shape index (κ3) is 2.93. The molecule has 0 atom stereocenters. The molecule has 1 saturated carbocycles. The summed E-state index contributed by atoms with van der Waals surface area (Å²) in [7, 11) is 0. The van der Waals surface area contributed by atoms with E-state index in [2.05, 4.69) is 19.9 Å². The van der Waals surface area contributed by atoms with Crippen molar-refractivity contribution in [3.63, 3.8) is 0 Å². The van der Waals surface area contributed by atoms with Gasteiger partial charge >= 0.3 is 6.36 Å². The molecule has 0 N–H and O–H groups in total. The number of aromatic nitrogens is 3. The van der Waals surface area contributed by atoms with Crippen LogP contribution < -0.4 is 4.74 Å². The Kier molecular flexibility index (Phi) is 3.74. The SMILES string of the molecule is Cc1nc(-c2noc(C3(c4cccc(OC(F)(F)F)c4)CCC3)n2)co1. The van der Waals surface area contributed by atoms with Gasteiger partial charge < -0.3 is 13.7 Å². The predicted molar refractivity (Wildman–Crippen MR) is 82.3 cm³/mol. The molecule has 136 valence electrons. The fourth-order valence-electron chi connectivity index (χ4n) is 3.14. The van der Waals surface area contributed by atoms with Gasteiger partial charge in [-0.3, -0.25) is 0 Å². The van der Waals surface area contributed by atoms with Crippen LogP contribution in [0.2, 0.25) is 0 Å². The van der Waals surface area contributed by atoms with Crippen LogP contribution in [0.1, 0.15) is 36.6 Å². The van der Waals surface area contributed by atoms with E-state index in [1.165, 1.54) is 24.5 Å². The van der Waals surface area contributed by atoms with Gasteiger partial charge in [-0.1, -0.05) is 23.7 Å². The van der Waals surface area contributed by atoms with E-state index < -0.39 is 11.8 Å². The average molecular weight is 365 g/mol. The maximum absolute atomic E-state index is 12.5. The number of aryl methyl sites for hydroxylation is 1. The Balaban J connectivity index is 1.68. The lowest BCUT2D eigenvalue weighted by Crippen LogP contribution is -2.36. The first-order valence-electron chi connectivity index (χ1n) is 7.99. The van der Waals surface area contributed by atoms with Crippen LogP contribution in [-0.4, -0.2) is 21.5 Å². The lowest BCUT2D eigenvalue weighted by molar-refractivity contribution is -0.274. The van der Waals surface area contributed by atoms with Crippen molar-refractivity contribution in [3.8, 4) is 17.3 Å². The lowest BCUT2D eigenvalue weighted by atomic mass is 9.64. The number of hydrogen-bond acceptors (Lipinski definition) is 6. The highest BCUT2D eigenvalue weighted by atomic mass is 19.4. The summed E-state index contributed by atoms with van der Waals surface area (Å²) in [5.41, 5.74) is 0.479. The highest BCUT2D eigenvalue weighted by Gasteiger charge is 2.46. The molecule has 1 fully saturated rings. The molecule has 0 unspecified atom stereocenters. The molecule has 0 aliphatic heterocycles. The molecular weight excluding hydrogens is 351 g/mol. The van der Waals surface area contributed by atoms with Crippen LogP contribution in [0.4, 0.5) is 13.2 Å². The van der Waals surface area contributed by atoms with Crippen LogP contribution in [0.3, 0.4) is 0 Å². The molecule has 0 spiro atoms. The average Bonchev–Trinajstić information content (AvgIpc) is 3.14. The van der Waals surface area contributed by atoms with Gasteiger partial charge in [0.25, 0.3) is 0 Å². The molecule has 1 aromatic carbocycles. The van der Waals surface area contributed by atoms with Crippen molar-refractivity contribution in [3.05, 3.63) is 47.9 Å². The number of ether oxygens (including phenoxy) is 1. The molecule has 0 radical (unpaired) electrons. The van der Waals surface area contributed by atoms with E-state index in [4.69, 9.17) is 8.94 Å². The van der Waals surface area contributed by atoms with E-state index in [0.717, 1.165) is 6.42 Å². The third-order valence-corrected chi connectivity index (χ3v) is 4.51. The van der Waals surface area contributed by atoms with Crippen molar-refractivity contribution >= 4 is 0 Å². The summed E-state index contributed by atoms with van der Waals surface area (Å²) < 4.78 is 52.1. The first-order chi connectivity index (χ1) is 12.4. The molecule has 9 heteroatoms. The van der Waals surface area contributed by atoms with E-state index in [1.807, 2.05) is 0 Å². The smallest absolute Gasteiger partial charge is 0.449 e. The van der Waals surface area contributed by atoms with Crippen LogP contribution >= 0.6 is 0 Å². The topological polar surface area (TPSA) is 74.2 Å². The van der Waals surface area contributed by atoms with Crippen molar-refractivity contribution in [2.75, 3.05) is 0 Å². The second-order valence-electron chi connectivity index (χ2n) is 6.19. The fraction of sp³-hybridized carbons (Fsp3) is 0.353. The molecule has 2 heterocycles. The minimum atomic E-state index is -4.74. The van der Waals surface area contributed by atoms with Gasteiger partial charge in [0.1, 0.15) is 17.7 Å². The summed E-state index contributed by atoms with van der Waals surface area (Å²) in [6.45, 7) is 1.70. The summed E-state index contributed by atoms with van der Waals surface area (Å²) in [5, 5.41) is 3.94. The zero-order chi connectivity index (χ0) is 18.4. The van der Waals surface area contributed by atoms with E-state index in [9.17, 15) is 13.2 Å². The van der Waals surface area contributed by atoms with Crippen LogP contribution in [0.25, 0.3) is 11.5 Å². The van der Waals surface area contributed by atoms with Crippen molar-refractivity contribution < 1.29 is 26.8 Å². The molecule has 4 rings (SSSR count). The first-order valence-corrected chi connectivity index (χ1v) is 7.99. The summed E-state index contributed by atoms with van der Waals surface area (Å²) in [4.78, 5) is 8.56. The molecule has 1 aliphatic carbocycles. The van der Waals surface area contributed by atoms with Crippen molar-refractivity contribution in [1.29, 1.82) is 0 Å². The normalized spacial score (nSPS) is 16.3. The highest BCUT2D eigenvalue weighted by Crippen LogP contribution is 2.49. The van der Waals surface area contributed by atoms with Crippen molar-refractivity contribution in [1.82, 2.24) is 15.1 Å². The third-order valence-electron chi connectivity index (χ3n) is 4.51. The minimum absolute atomic E-state index is 0.270. The number of oxazole rings is 1. The van der Waals surface area contributed by atoms with E-state index >= 15 is 0 Å². The van der Waals surface area contributed by atoms with Crippen LogP contribution in [0, 0.1) is 6.92 Å². The summed E-state index contributed by atoms with van der Waals surface area (Å²) in [5.74, 6) is 0.837. The largest absolute Gasteiger partial charge is 0.573 e.